The molecule has 2 fully saturated rings. The quantitative estimate of drug-likeness (QED) is 0.415. The van der Waals surface area contributed by atoms with Gasteiger partial charge < -0.3 is 9.57 Å². The highest BCUT2D eigenvalue weighted by molar-refractivity contribution is 6.05. The largest absolute Gasteiger partial charge is 0.465 e. The summed E-state index contributed by atoms with van der Waals surface area (Å²) in [5.41, 5.74) is -1.35. The first kappa shape index (κ1) is 13.5. The van der Waals surface area contributed by atoms with Crippen molar-refractivity contribution in [2.75, 3.05) is 6.61 Å². The molecule has 0 aromatic heterocycles. The molecule has 0 bridgehead atoms. The Morgan fingerprint density at radius 1 is 1.16 bits per heavy atom. The molecule has 19 heavy (non-hydrogen) atoms. The maximum atomic E-state index is 12.0. The van der Waals surface area contributed by atoms with E-state index in [9.17, 15) is 19.2 Å². The zero-order valence-electron chi connectivity index (χ0n) is 10.6. The summed E-state index contributed by atoms with van der Waals surface area (Å²) in [6, 6.07) is 0. The van der Waals surface area contributed by atoms with Crippen LogP contribution in [0, 0.1) is 5.41 Å². The van der Waals surface area contributed by atoms with Crippen LogP contribution in [0.2, 0.25) is 0 Å². The van der Waals surface area contributed by atoms with E-state index in [-0.39, 0.29) is 19.4 Å². The van der Waals surface area contributed by atoms with Crippen LogP contribution in [-0.2, 0) is 28.8 Å². The minimum atomic E-state index is -1.35. The zero-order chi connectivity index (χ0) is 14.0. The van der Waals surface area contributed by atoms with Gasteiger partial charge >= 0.3 is 11.9 Å². The van der Waals surface area contributed by atoms with Gasteiger partial charge in [-0.3, -0.25) is 14.4 Å². The van der Waals surface area contributed by atoms with E-state index < -0.39 is 29.2 Å². The second-order valence-electron chi connectivity index (χ2n) is 4.62. The number of carbonyl (C=O) groups excluding carboxylic acids is 4. The van der Waals surface area contributed by atoms with E-state index in [4.69, 9.17) is 9.57 Å². The lowest BCUT2D eigenvalue weighted by atomic mass is 9.69. The van der Waals surface area contributed by atoms with E-state index in [1.54, 1.807) is 6.92 Å². The second-order valence-corrected chi connectivity index (χ2v) is 4.62. The molecule has 0 unspecified atom stereocenters. The van der Waals surface area contributed by atoms with Crippen molar-refractivity contribution >= 4 is 23.8 Å². The Balaban J connectivity index is 2.07. The van der Waals surface area contributed by atoms with Crippen LogP contribution in [0.5, 0.6) is 0 Å². The fraction of sp³-hybridized carbons (Fsp3) is 0.667. The summed E-state index contributed by atoms with van der Waals surface area (Å²) in [6.45, 7) is 1.80. The zero-order valence-corrected chi connectivity index (χ0v) is 10.6. The van der Waals surface area contributed by atoms with Gasteiger partial charge in [0.05, 0.1) is 6.61 Å². The van der Waals surface area contributed by atoms with Gasteiger partial charge in [-0.1, -0.05) is 0 Å². The average molecular weight is 269 g/mol. The van der Waals surface area contributed by atoms with Gasteiger partial charge in [-0.15, -0.1) is 5.06 Å². The molecule has 2 aliphatic rings. The first-order chi connectivity index (χ1) is 9.01. The van der Waals surface area contributed by atoms with Crippen molar-refractivity contribution in [3.8, 4) is 0 Å². The van der Waals surface area contributed by atoms with Crippen molar-refractivity contribution in [1.29, 1.82) is 0 Å². The summed E-state index contributed by atoms with van der Waals surface area (Å²) in [5, 5.41) is 0.460. The molecular formula is C12H15NO6. The van der Waals surface area contributed by atoms with E-state index in [2.05, 4.69) is 0 Å². The molecule has 104 valence electrons. The summed E-state index contributed by atoms with van der Waals surface area (Å²) in [5.74, 6) is -2.64. The first-order valence-electron chi connectivity index (χ1n) is 6.26. The topological polar surface area (TPSA) is 90.0 Å². The molecule has 1 aliphatic carbocycles. The van der Waals surface area contributed by atoms with Gasteiger partial charge in [0.1, 0.15) is 0 Å². The van der Waals surface area contributed by atoms with E-state index >= 15 is 0 Å². The summed E-state index contributed by atoms with van der Waals surface area (Å²) in [6.07, 6.45) is 1.40. The lowest BCUT2D eigenvalue weighted by Gasteiger charge is -2.36. The van der Waals surface area contributed by atoms with Crippen LogP contribution in [0.3, 0.4) is 0 Å². The van der Waals surface area contributed by atoms with Crippen LogP contribution in [0.4, 0.5) is 0 Å². The van der Waals surface area contributed by atoms with Crippen molar-refractivity contribution < 1.29 is 28.8 Å². The van der Waals surface area contributed by atoms with E-state index in [0.717, 1.165) is 0 Å². The van der Waals surface area contributed by atoms with E-state index in [0.29, 0.717) is 24.3 Å². The van der Waals surface area contributed by atoms with Crippen LogP contribution in [0.1, 0.15) is 39.0 Å². The van der Waals surface area contributed by atoms with Crippen molar-refractivity contribution in [2.45, 2.75) is 39.0 Å². The number of hydrogen-bond donors (Lipinski definition) is 0. The molecule has 1 heterocycles. The minimum absolute atomic E-state index is 0.0263. The minimum Gasteiger partial charge on any atom is -0.465 e. The number of hydroxylamine groups is 2. The molecule has 0 atom stereocenters. The molecule has 1 saturated carbocycles. The van der Waals surface area contributed by atoms with Gasteiger partial charge in [0.25, 0.3) is 11.8 Å². The van der Waals surface area contributed by atoms with E-state index in [1.165, 1.54) is 0 Å². The summed E-state index contributed by atoms with van der Waals surface area (Å²) < 4.78 is 4.86. The molecule has 7 nitrogen and oxygen atoms in total. The predicted octanol–water partition coefficient (Wildman–Crippen LogP) is 0.327. The highest BCUT2D eigenvalue weighted by atomic mass is 16.7. The standard InChI is InChI=1S/C12H15NO6/c1-2-18-10(16)12(6-3-7-12)11(17)19-13-8(14)4-5-9(13)15/h2-7H2,1H3. The molecule has 7 heteroatoms. The Morgan fingerprint density at radius 2 is 1.74 bits per heavy atom. The monoisotopic (exact) mass is 269 g/mol. The number of carbonyl (C=O) groups is 4. The molecule has 0 N–H and O–H groups in total. The molecule has 1 aliphatic heterocycles. The number of amides is 2. The smallest absolute Gasteiger partial charge is 0.350 e. The van der Waals surface area contributed by atoms with Gasteiger partial charge in [-0.25, -0.2) is 4.79 Å². The van der Waals surface area contributed by atoms with Gasteiger partial charge in [0, 0.05) is 12.8 Å². The van der Waals surface area contributed by atoms with Crippen LogP contribution in [0.25, 0.3) is 0 Å². The molecule has 0 spiro atoms. The van der Waals surface area contributed by atoms with Crippen LogP contribution in [0.15, 0.2) is 0 Å². The van der Waals surface area contributed by atoms with Gasteiger partial charge in [0.2, 0.25) is 0 Å². The van der Waals surface area contributed by atoms with Gasteiger partial charge in [-0.2, -0.15) is 0 Å². The van der Waals surface area contributed by atoms with Gasteiger partial charge in [0.15, 0.2) is 5.41 Å². The Kier molecular flexibility index (Phi) is 3.55. The Bertz CT molecular complexity index is 424. The normalized spacial score (nSPS) is 21.0. The number of imide groups is 1. The fourth-order valence-electron chi connectivity index (χ4n) is 2.12. The van der Waals surface area contributed by atoms with Crippen LogP contribution in [-0.4, -0.2) is 35.4 Å². The van der Waals surface area contributed by atoms with Crippen molar-refractivity contribution in [1.82, 2.24) is 5.06 Å². The SMILES string of the molecule is CCOC(=O)C1(C(=O)ON2C(=O)CCC2=O)CCC1. The first-order valence-corrected chi connectivity index (χ1v) is 6.26. The Morgan fingerprint density at radius 3 is 2.16 bits per heavy atom. The molecule has 2 amide bonds. The summed E-state index contributed by atoms with van der Waals surface area (Å²) in [4.78, 5) is 51.4. The van der Waals surface area contributed by atoms with Crippen LogP contribution >= 0.6 is 0 Å². The maximum absolute atomic E-state index is 12.0. The predicted molar refractivity (Wildman–Crippen MR) is 60.1 cm³/mol. The molecule has 0 radical (unpaired) electrons. The molecule has 2 rings (SSSR count). The summed E-state index contributed by atoms with van der Waals surface area (Å²) in [7, 11) is 0. The van der Waals surface area contributed by atoms with Crippen molar-refractivity contribution in [3.63, 3.8) is 0 Å². The lowest BCUT2D eigenvalue weighted by Crippen LogP contribution is -2.50. The third kappa shape index (κ3) is 2.20. The molecular weight excluding hydrogens is 254 g/mol. The average Bonchev–Trinajstić information content (AvgIpc) is 2.60. The number of hydrogen-bond acceptors (Lipinski definition) is 6. The third-order valence-electron chi connectivity index (χ3n) is 3.44. The highest BCUT2D eigenvalue weighted by Crippen LogP contribution is 2.43. The summed E-state index contributed by atoms with van der Waals surface area (Å²) >= 11 is 0. The number of nitrogens with zero attached hydrogens (tertiary/aromatic N) is 1. The molecule has 0 aromatic rings. The Labute approximate surface area is 109 Å². The lowest BCUT2D eigenvalue weighted by molar-refractivity contribution is -0.212. The number of rotatable bonds is 4. The number of ether oxygens (including phenoxy) is 1. The highest BCUT2D eigenvalue weighted by Gasteiger charge is 2.55. The van der Waals surface area contributed by atoms with Crippen molar-refractivity contribution in [2.24, 2.45) is 5.41 Å². The van der Waals surface area contributed by atoms with Crippen molar-refractivity contribution in [3.05, 3.63) is 0 Å². The van der Waals surface area contributed by atoms with E-state index in [1.807, 2.05) is 0 Å². The maximum Gasteiger partial charge on any atom is 0.350 e. The van der Waals surface area contributed by atoms with Crippen LogP contribution < -0.4 is 0 Å². The van der Waals surface area contributed by atoms with Gasteiger partial charge in [-0.05, 0) is 26.2 Å². The second kappa shape index (κ2) is 4.99. The molecule has 0 aromatic carbocycles. The molecule has 1 saturated heterocycles. The Hall–Kier alpha value is -1.92. The third-order valence-corrected chi connectivity index (χ3v) is 3.44. The number of esters is 1. The fourth-order valence-corrected chi connectivity index (χ4v) is 2.12.